The van der Waals surface area contributed by atoms with Crippen LogP contribution in [0.2, 0.25) is 5.02 Å². The lowest BCUT2D eigenvalue weighted by molar-refractivity contribution is -0.879. The Labute approximate surface area is 103 Å². The zero-order chi connectivity index (χ0) is 11.8. The number of hydrogen-bond donors (Lipinski definition) is 1. The van der Waals surface area contributed by atoms with Crippen molar-refractivity contribution in [2.45, 2.75) is 19.8 Å². The SMILES string of the molecule is CCCC[NH+](C)CCOc1ccc(Cl)cc1. The van der Waals surface area contributed by atoms with Crippen molar-refractivity contribution in [3.05, 3.63) is 29.3 Å². The van der Waals surface area contributed by atoms with Crippen molar-refractivity contribution in [2.75, 3.05) is 26.7 Å². The Morgan fingerprint density at radius 2 is 1.88 bits per heavy atom. The fourth-order valence-electron chi connectivity index (χ4n) is 1.48. The molecule has 0 fully saturated rings. The first-order chi connectivity index (χ1) is 7.72. The predicted octanol–water partition coefficient (Wildman–Crippen LogP) is 2.03. The molecular weight excluding hydrogens is 222 g/mol. The minimum absolute atomic E-state index is 0.748. The average molecular weight is 243 g/mol. The molecule has 0 bridgehead atoms. The van der Waals surface area contributed by atoms with Gasteiger partial charge in [-0.05, 0) is 30.7 Å². The molecule has 0 aromatic heterocycles. The van der Waals surface area contributed by atoms with E-state index in [1.54, 1.807) is 0 Å². The summed E-state index contributed by atoms with van der Waals surface area (Å²) in [7, 11) is 2.21. The van der Waals surface area contributed by atoms with Crippen LogP contribution in [0.15, 0.2) is 24.3 Å². The van der Waals surface area contributed by atoms with Gasteiger partial charge in [0.1, 0.15) is 18.9 Å². The van der Waals surface area contributed by atoms with Crippen LogP contribution in [-0.2, 0) is 0 Å². The Morgan fingerprint density at radius 1 is 1.19 bits per heavy atom. The molecule has 0 spiro atoms. The first kappa shape index (κ1) is 13.3. The van der Waals surface area contributed by atoms with Gasteiger partial charge in [0.25, 0.3) is 0 Å². The molecule has 0 aliphatic carbocycles. The largest absolute Gasteiger partial charge is 0.488 e. The molecule has 1 unspecified atom stereocenters. The summed E-state index contributed by atoms with van der Waals surface area (Å²) in [5, 5.41) is 0.748. The van der Waals surface area contributed by atoms with Crippen molar-refractivity contribution >= 4 is 11.6 Å². The van der Waals surface area contributed by atoms with Gasteiger partial charge in [0.2, 0.25) is 0 Å². The molecule has 1 atom stereocenters. The zero-order valence-electron chi connectivity index (χ0n) is 10.1. The molecule has 0 saturated carbocycles. The highest BCUT2D eigenvalue weighted by Gasteiger charge is 2.01. The highest BCUT2D eigenvalue weighted by atomic mass is 35.5. The average Bonchev–Trinajstić information content (AvgIpc) is 2.29. The number of unbranched alkanes of at least 4 members (excludes halogenated alkanes) is 1. The van der Waals surface area contributed by atoms with Gasteiger partial charge in [-0.1, -0.05) is 24.9 Å². The van der Waals surface area contributed by atoms with E-state index in [9.17, 15) is 0 Å². The van der Waals surface area contributed by atoms with E-state index in [1.165, 1.54) is 24.3 Å². The van der Waals surface area contributed by atoms with Gasteiger partial charge < -0.3 is 9.64 Å². The lowest BCUT2D eigenvalue weighted by atomic mass is 10.3. The second-order valence-corrected chi connectivity index (χ2v) is 4.55. The Bertz CT molecular complexity index is 286. The van der Waals surface area contributed by atoms with Crippen molar-refractivity contribution < 1.29 is 9.64 Å². The van der Waals surface area contributed by atoms with Crippen LogP contribution in [0.5, 0.6) is 5.75 Å². The quantitative estimate of drug-likeness (QED) is 0.773. The molecule has 0 radical (unpaired) electrons. The Kier molecular flexibility index (Phi) is 6.27. The van der Waals surface area contributed by atoms with E-state index in [1.807, 2.05) is 24.3 Å². The molecule has 1 aromatic rings. The monoisotopic (exact) mass is 242 g/mol. The zero-order valence-corrected chi connectivity index (χ0v) is 10.9. The van der Waals surface area contributed by atoms with Gasteiger partial charge >= 0.3 is 0 Å². The van der Waals surface area contributed by atoms with Crippen molar-refractivity contribution in [3.8, 4) is 5.75 Å². The molecule has 1 rings (SSSR count). The molecule has 0 saturated heterocycles. The molecule has 0 aliphatic heterocycles. The number of rotatable bonds is 7. The number of likely N-dealkylation sites (N-methyl/N-ethyl adjacent to an activating group) is 1. The number of benzene rings is 1. The summed E-state index contributed by atoms with van der Waals surface area (Å²) < 4.78 is 5.63. The smallest absolute Gasteiger partial charge is 0.137 e. The maximum absolute atomic E-state index is 5.79. The molecule has 1 N–H and O–H groups in total. The number of quaternary nitrogens is 1. The van der Waals surface area contributed by atoms with Gasteiger partial charge in [0.15, 0.2) is 0 Å². The van der Waals surface area contributed by atoms with Crippen LogP contribution in [0.3, 0.4) is 0 Å². The Balaban J connectivity index is 2.17. The predicted molar refractivity (Wildman–Crippen MR) is 68.5 cm³/mol. The van der Waals surface area contributed by atoms with Crippen molar-refractivity contribution in [2.24, 2.45) is 0 Å². The van der Waals surface area contributed by atoms with E-state index < -0.39 is 0 Å². The minimum atomic E-state index is 0.748. The summed E-state index contributed by atoms with van der Waals surface area (Å²) in [5.74, 6) is 0.896. The van der Waals surface area contributed by atoms with Crippen LogP contribution >= 0.6 is 11.6 Å². The Hall–Kier alpha value is -0.730. The third-order valence-electron chi connectivity index (χ3n) is 2.57. The van der Waals surface area contributed by atoms with Crippen molar-refractivity contribution in [3.63, 3.8) is 0 Å². The van der Waals surface area contributed by atoms with Gasteiger partial charge in [0, 0.05) is 5.02 Å². The molecule has 1 aromatic carbocycles. The highest BCUT2D eigenvalue weighted by molar-refractivity contribution is 6.30. The summed E-state index contributed by atoms with van der Waals surface area (Å²) in [4.78, 5) is 1.52. The van der Waals surface area contributed by atoms with Crippen LogP contribution in [0, 0.1) is 0 Å². The van der Waals surface area contributed by atoms with Crippen LogP contribution < -0.4 is 9.64 Å². The molecule has 16 heavy (non-hydrogen) atoms. The highest BCUT2D eigenvalue weighted by Crippen LogP contribution is 2.14. The maximum Gasteiger partial charge on any atom is 0.137 e. The molecule has 0 amide bonds. The molecule has 0 aliphatic rings. The lowest BCUT2D eigenvalue weighted by Crippen LogP contribution is -3.09. The molecule has 3 heteroatoms. The number of hydrogen-bond acceptors (Lipinski definition) is 1. The second-order valence-electron chi connectivity index (χ2n) is 4.11. The van der Waals surface area contributed by atoms with Gasteiger partial charge in [-0.3, -0.25) is 0 Å². The van der Waals surface area contributed by atoms with E-state index in [0.717, 1.165) is 23.9 Å². The second kappa shape index (κ2) is 7.53. The standard InChI is InChI=1S/C13H20ClNO/c1-3-4-9-15(2)10-11-16-13-7-5-12(14)6-8-13/h5-8H,3-4,9-11H2,1-2H3/p+1. The van der Waals surface area contributed by atoms with Crippen molar-refractivity contribution in [1.29, 1.82) is 0 Å². The van der Waals surface area contributed by atoms with Gasteiger partial charge in [-0.15, -0.1) is 0 Å². The van der Waals surface area contributed by atoms with E-state index in [0.29, 0.717) is 0 Å². The van der Waals surface area contributed by atoms with Crippen LogP contribution in [0.1, 0.15) is 19.8 Å². The maximum atomic E-state index is 5.79. The third-order valence-corrected chi connectivity index (χ3v) is 2.82. The third kappa shape index (κ3) is 5.38. The van der Waals surface area contributed by atoms with E-state index in [-0.39, 0.29) is 0 Å². The minimum Gasteiger partial charge on any atom is -0.488 e. The molecule has 90 valence electrons. The van der Waals surface area contributed by atoms with Gasteiger partial charge in [-0.25, -0.2) is 0 Å². The Morgan fingerprint density at radius 3 is 2.50 bits per heavy atom. The van der Waals surface area contributed by atoms with E-state index in [2.05, 4.69) is 14.0 Å². The van der Waals surface area contributed by atoms with Crippen molar-refractivity contribution in [1.82, 2.24) is 0 Å². The molecule has 2 nitrogen and oxygen atoms in total. The van der Waals surface area contributed by atoms with Gasteiger partial charge in [0.05, 0.1) is 13.6 Å². The summed E-state index contributed by atoms with van der Waals surface area (Å²) in [5.41, 5.74) is 0. The summed E-state index contributed by atoms with van der Waals surface area (Å²) >= 11 is 5.79. The first-order valence-corrected chi connectivity index (χ1v) is 6.30. The van der Waals surface area contributed by atoms with Crippen LogP contribution in [0.25, 0.3) is 0 Å². The van der Waals surface area contributed by atoms with Crippen LogP contribution in [-0.4, -0.2) is 26.7 Å². The van der Waals surface area contributed by atoms with E-state index in [4.69, 9.17) is 16.3 Å². The van der Waals surface area contributed by atoms with E-state index >= 15 is 0 Å². The normalized spacial score (nSPS) is 12.4. The number of halogens is 1. The summed E-state index contributed by atoms with van der Waals surface area (Å²) in [6, 6.07) is 7.52. The summed E-state index contributed by atoms with van der Waals surface area (Å²) in [6.07, 6.45) is 2.54. The first-order valence-electron chi connectivity index (χ1n) is 5.92. The topological polar surface area (TPSA) is 13.7 Å². The van der Waals surface area contributed by atoms with Crippen LogP contribution in [0.4, 0.5) is 0 Å². The number of nitrogens with one attached hydrogen (secondary N) is 1. The molecular formula is C13H21ClNO+. The molecule has 0 heterocycles. The summed E-state index contributed by atoms with van der Waals surface area (Å²) in [6.45, 7) is 5.25. The fourth-order valence-corrected chi connectivity index (χ4v) is 1.60. The number of ether oxygens (including phenoxy) is 1. The van der Waals surface area contributed by atoms with Gasteiger partial charge in [-0.2, -0.15) is 0 Å². The lowest BCUT2D eigenvalue weighted by Gasteiger charge is -2.13. The fraction of sp³-hybridized carbons (Fsp3) is 0.538.